The first-order valence-electron chi connectivity index (χ1n) is 7.96. The van der Waals surface area contributed by atoms with Gasteiger partial charge in [0.15, 0.2) is 5.69 Å². The standard InChI is InChI=1S/C19H14ClFN4/c1-25-10-14(9-22)23-19(25)16-8-13(21)4-5-15(16)12-6-17(11-2-3-11)24-18(20)7-12/h4-8,10-11H,2-3H2,1H3. The third-order valence-corrected chi connectivity index (χ3v) is 4.53. The van der Waals surface area contributed by atoms with Gasteiger partial charge < -0.3 is 4.57 Å². The maximum atomic E-state index is 13.9. The molecule has 1 aliphatic carbocycles. The number of aromatic nitrogens is 3. The molecule has 1 fully saturated rings. The van der Waals surface area contributed by atoms with Crippen LogP contribution in [0.4, 0.5) is 4.39 Å². The van der Waals surface area contributed by atoms with E-state index in [2.05, 4.69) is 9.97 Å². The molecule has 0 bridgehead atoms. The van der Waals surface area contributed by atoms with Crippen molar-refractivity contribution in [2.75, 3.05) is 0 Å². The Morgan fingerprint density at radius 3 is 2.68 bits per heavy atom. The average molecular weight is 353 g/mol. The Kier molecular flexibility index (Phi) is 3.78. The third-order valence-electron chi connectivity index (χ3n) is 4.33. The molecule has 0 aliphatic heterocycles. The van der Waals surface area contributed by atoms with Crippen LogP contribution in [0.5, 0.6) is 0 Å². The Morgan fingerprint density at radius 2 is 2.00 bits per heavy atom. The summed E-state index contributed by atoms with van der Waals surface area (Å²) in [6.45, 7) is 0. The van der Waals surface area contributed by atoms with E-state index in [1.54, 1.807) is 29.9 Å². The summed E-state index contributed by atoms with van der Waals surface area (Å²) in [6.07, 6.45) is 3.86. The molecule has 0 unspecified atom stereocenters. The van der Waals surface area contributed by atoms with Crippen molar-refractivity contribution in [3.05, 3.63) is 58.9 Å². The minimum absolute atomic E-state index is 0.291. The molecule has 3 aromatic rings. The zero-order valence-electron chi connectivity index (χ0n) is 13.5. The van der Waals surface area contributed by atoms with Crippen LogP contribution in [0.1, 0.15) is 30.1 Å². The summed E-state index contributed by atoms with van der Waals surface area (Å²) in [7, 11) is 1.78. The van der Waals surface area contributed by atoms with Gasteiger partial charge in [-0.15, -0.1) is 0 Å². The summed E-state index contributed by atoms with van der Waals surface area (Å²) in [4.78, 5) is 8.71. The van der Waals surface area contributed by atoms with Crippen molar-refractivity contribution in [3.8, 4) is 28.6 Å². The quantitative estimate of drug-likeness (QED) is 0.642. The van der Waals surface area contributed by atoms with Gasteiger partial charge in [-0.05, 0) is 48.2 Å². The number of aryl methyl sites for hydroxylation is 1. The molecule has 25 heavy (non-hydrogen) atoms. The molecule has 124 valence electrons. The van der Waals surface area contributed by atoms with E-state index in [9.17, 15) is 4.39 Å². The molecular weight excluding hydrogens is 339 g/mol. The fourth-order valence-electron chi connectivity index (χ4n) is 2.98. The summed E-state index contributed by atoms with van der Waals surface area (Å²) in [6, 6.07) is 10.4. The van der Waals surface area contributed by atoms with Gasteiger partial charge in [-0.2, -0.15) is 5.26 Å². The maximum Gasteiger partial charge on any atom is 0.159 e. The van der Waals surface area contributed by atoms with Crippen molar-refractivity contribution >= 4 is 11.6 Å². The number of rotatable bonds is 3. The molecule has 0 radical (unpaired) electrons. The average Bonchev–Trinajstić information content (AvgIpc) is 3.37. The van der Waals surface area contributed by atoms with E-state index in [-0.39, 0.29) is 5.82 Å². The molecule has 0 N–H and O–H groups in total. The first-order valence-corrected chi connectivity index (χ1v) is 8.34. The van der Waals surface area contributed by atoms with E-state index in [4.69, 9.17) is 16.9 Å². The zero-order chi connectivity index (χ0) is 17.6. The molecule has 4 rings (SSSR count). The van der Waals surface area contributed by atoms with Gasteiger partial charge in [0.1, 0.15) is 22.9 Å². The van der Waals surface area contributed by atoms with Crippen LogP contribution in [0.3, 0.4) is 0 Å². The van der Waals surface area contributed by atoms with Crippen molar-refractivity contribution in [2.24, 2.45) is 7.05 Å². The van der Waals surface area contributed by atoms with Gasteiger partial charge in [0, 0.05) is 30.4 Å². The van der Waals surface area contributed by atoms with Crippen molar-refractivity contribution in [3.63, 3.8) is 0 Å². The molecule has 0 spiro atoms. The third kappa shape index (κ3) is 3.01. The highest BCUT2D eigenvalue weighted by molar-refractivity contribution is 6.29. The second-order valence-corrected chi connectivity index (χ2v) is 6.63. The van der Waals surface area contributed by atoms with Gasteiger partial charge in [0.05, 0.1) is 0 Å². The van der Waals surface area contributed by atoms with Gasteiger partial charge in [-0.3, -0.25) is 0 Å². The number of nitriles is 1. The molecule has 1 aromatic carbocycles. The van der Waals surface area contributed by atoms with E-state index in [0.717, 1.165) is 29.7 Å². The molecule has 2 aromatic heterocycles. The summed E-state index contributed by atoms with van der Waals surface area (Å²) < 4.78 is 15.6. The number of imidazole rings is 1. The second kappa shape index (κ2) is 5.98. The van der Waals surface area contributed by atoms with Crippen LogP contribution in [0.15, 0.2) is 36.5 Å². The summed E-state index contributed by atoms with van der Waals surface area (Å²) in [5, 5.41) is 9.50. The van der Waals surface area contributed by atoms with Crippen LogP contribution in [0, 0.1) is 17.1 Å². The van der Waals surface area contributed by atoms with E-state index < -0.39 is 0 Å². The van der Waals surface area contributed by atoms with E-state index in [1.807, 2.05) is 12.1 Å². The molecule has 0 saturated heterocycles. The summed E-state index contributed by atoms with van der Waals surface area (Å²) in [5.74, 6) is 0.634. The lowest BCUT2D eigenvalue weighted by atomic mass is 9.98. The highest BCUT2D eigenvalue weighted by Gasteiger charge is 2.26. The smallest absolute Gasteiger partial charge is 0.159 e. The lowest BCUT2D eigenvalue weighted by molar-refractivity contribution is 0.628. The molecule has 1 saturated carbocycles. The van der Waals surface area contributed by atoms with Crippen LogP contribution in [0.25, 0.3) is 22.5 Å². The van der Waals surface area contributed by atoms with Gasteiger partial charge in [-0.25, -0.2) is 14.4 Å². The first-order chi connectivity index (χ1) is 12.0. The fourth-order valence-corrected chi connectivity index (χ4v) is 3.20. The Hall–Kier alpha value is -2.71. The lowest BCUT2D eigenvalue weighted by Crippen LogP contribution is -1.96. The largest absolute Gasteiger partial charge is 0.333 e. The number of nitrogens with zero attached hydrogens (tertiary/aromatic N) is 4. The number of hydrogen-bond donors (Lipinski definition) is 0. The number of halogens is 2. The van der Waals surface area contributed by atoms with Crippen LogP contribution >= 0.6 is 11.6 Å². The topological polar surface area (TPSA) is 54.5 Å². The molecule has 0 atom stereocenters. The van der Waals surface area contributed by atoms with Crippen molar-refractivity contribution < 1.29 is 4.39 Å². The number of pyridine rings is 1. The molecule has 0 amide bonds. The van der Waals surface area contributed by atoms with Gasteiger partial charge in [-0.1, -0.05) is 17.7 Å². The molecule has 6 heteroatoms. The van der Waals surface area contributed by atoms with Gasteiger partial charge in [0.25, 0.3) is 0 Å². The highest BCUT2D eigenvalue weighted by atomic mass is 35.5. The summed E-state index contributed by atoms with van der Waals surface area (Å²) >= 11 is 6.21. The number of hydrogen-bond acceptors (Lipinski definition) is 3. The Morgan fingerprint density at radius 1 is 1.20 bits per heavy atom. The van der Waals surface area contributed by atoms with Crippen molar-refractivity contribution in [1.29, 1.82) is 5.26 Å². The SMILES string of the molecule is Cn1cc(C#N)nc1-c1cc(F)ccc1-c1cc(Cl)nc(C2CC2)c1. The van der Waals surface area contributed by atoms with Crippen LogP contribution in [-0.4, -0.2) is 14.5 Å². The van der Waals surface area contributed by atoms with Crippen molar-refractivity contribution in [2.45, 2.75) is 18.8 Å². The highest BCUT2D eigenvalue weighted by Crippen LogP contribution is 2.42. The Labute approximate surface area is 149 Å². The molecule has 1 aliphatic rings. The normalized spacial score (nSPS) is 13.7. The van der Waals surface area contributed by atoms with Crippen molar-refractivity contribution in [1.82, 2.24) is 14.5 Å². The fraction of sp³-hybridized carbons (Fsp3) is 0.211. The van der Waals surface area contributed by atoms with Crippen LogP contribution in [-0.2, 0) is 7.05 Å². The van der Waals surface area contributed by atoms with E-state index in [0.29, 0.717) is 28.2 Å². The second-order valence-electron chi connectivity index (χ2n) is 6.24. The first kappa shape index (κ1) is 15.8. The minimum atomic E-state index is -0.358. The Bertz CT molecular complexity index is 1010. The van der Waals surface area contributed by atoms with Crippen LogP contribution in [0.2, 0.25) is 5.15 Å². The van der Waals surface area contributed by atoms with Crippen LogP contribution < -0.4 is 0 Å². The van der Waals surface area contributed by atoms with E-state index in [1.165, 1.54) is 12.1 Å². The van der Waals surface area contributed by atoms with Gasteiger partial charge in [0.2, 0.25) is 0 Å². The molecular formula is C19H14ClFN4. The minimum Gasteiger partial charge on any atom is -0.333 e. The number of benzene rings is 1. The predicted octanol–water partition coefficient (Wildman–Crippen LogP) is 4.69. The molecule has 2 heterocycles. The monoisotopic (exact) mass is 352 g/mol. The zero-order valence-corrected chi connectivity index (χ0v) is 14.3. The Balaban J connectivity index is 1.91. The van der Waals surface area contributed by atoms with E-state index >= 15 is 0 Å². The molecule has 4 nitrogen and oxygen atoms in total. The maximum absolute atomic E-state index is 13.9. The lowest BCUT2D eigenvalue weighted by Gasteiger charge is -2.12. The predicted molar refractivity (Wildman–Crippen MR) is 93.5 cm³/mol. The summed E-state index contributed by atoms with van der Waals surface area (Å²) in [5.41, 5.74) is 3.56. The van der Waals surface area contributed by atoms with Gasteiger partial charge >= 0.3 is 0 Å².